The van der Waals surface area contributed by atoms with E-state index in [0.717, 1.165) is 6.42 Å². The molecule has 15 heavy (non-hydrogen) atoms. The third kappa shape index (κ3) is 3.41. The molecule has 1 aliphatic rings. The van der Waals surface area contributed by atoms with Crippen molar-refractivity contribution in [1.29, 1.82) is 0 Å². The van der Waals surface area contributed by atoms with Crippen LogP contribution in [0.2, 0.25) is 0 Å². The summed E-state index contributed by atoms with van der Waals surface area (Å²) >= 11 is 0. The summed E-state index contributed by atoms with van der Waals surface area (Å²) in [6, 6.07) is 0. The first-order valence-electron chi connectivity index (χ1n) is 5.17. The van der Waals surface area contributed by atoms with Crippen molar-refractivity contribution >= 4 is 10.0 Å². The molecule has 0 saturated carbocycles. The first-order valence-corrected chi connectivity index (χ1v) is 6.83. The fourth-order valence-corrected chi connectivity index (χ4v) is 3.17. The summed E-state index contributed by atoms with van der Waals surface area (Å²) in [4.78, 5) is 0. The summed E-state index contributed by atoms with van der Waals surface area (Å²) in [6.07, 6.45) is 0.661. The van der Waals surface area contributed by atoms with Crippen molar-refractivity contribution in [3.8, 4) is 0 Å². The molecule has 6 heteroatoms. The molecule has 90 valence electrons. The van der Waals surface area contributed by atoms with Crippen molar-refractivity contribution < 1.29 is 13.2 Å². The number of hydrogen-bond acceptors (Lipinski definition) is 4. The molecule has 1 aliphatic heterocycles. The second kappa shape index (κ2) is 4.78. The molecule has 1 saturated heterocycles. The summed E-state index contributed by atoms with van der Waals surface area (Å²) in [5, 5.41) is 2.82. The average molecular weight is 236 g/mol. The van der Waals surface area contributed by atoms with Crippen LogP contribution in [0.15, 0.2) is 0 Å². The van der Waals surface area contributed by atoms with Crippen molar-refractivity contribution in [2.24, 2.45) is 0 Å². The maximum atomic E-state index is 11.7. The van der Waals surface area contributed by atoms with E-state index in [4.69, 9.17) is 4.74 Å². The van der Waals surface area contributed by atoms with Gasteiger partial charge in [-0.2, -0.15) is 0 Å². The minimum absolute atomic E-state index is 0.0677. The Morgan fingerprint density at radius 1 is 1.53 bits per heavy atom. The number of rotatable bonds is 5. The highest BCUT2D eigenvalue weighted by Gasteiger charge is 2.39. The molecule has 1 heterocycles. The summed E-state index contributed by atoms with van der Waals surface area (Å²) in [6.45, 7) is 4.86. The number of sulfonamides is 1. The van der Waals surface area contributed by atoms with Gasteiger partial charge in [0.25, 0.3) is 0 Å². The minimum Gasteiger partial charge on any atom is -0.376 e. The van der Waals surface area contributed by atoms with Crippen molar-refractivity contribution in [2.45, 2.75) is 31.9 Å². The van der Waals surface area contributed by atoms with Crippen LogP contribution in [0.25, 0.3) is 0 Å². The first kappa shape index (κ1) is 12.9. The Morgan fingerprint density at radius 2 is 2.20 bits per heavy atom. The van der Waals surface area contributed by atoms with Gasteiger partial charge in [0.2, 0.25) is 10.0 Å². The normalized spacial score (nSPS) is 32.1. The Labute approximate surface area is 91.6 Å². The van der Waals surface area contributed by atoms with Gasteiger partial charge in [0.15, 0.2) is 0 Å². The van der Waals surface area contributed by atoms with E-state index < -0.39 is 15.6 Å². The Morgan fingerprint density at radius 3 is 2.67 bits per heavy atom. The fourth-order valence-electron chi connectivity index (χ4n) is 1.61. The molecule has 0 amide bonds. The Bertz CT molecular complexity index is 304. The van der Waals surface area contributed by atoms with Gasteiger partial charge in [0.05, 0.1) is 17.4 Å². The zero-order valence-corrected chi connectivity index (χ0v) is 10.4. The topological polar surface area (TPSA) is 67.4 Å². The van der Waals surface area contributed by atoms with Crippen LogP contribution in [0.1, 0.15) is 20.3 Å². The molecule has 2 N–H and O–H groups in total. The van der Waals surface area contributed by atoms with Gasteiger partial charge in [-0.1, -0.05) is 0 Å². The lowest BCUT2D eigenvalue weighted by Gasteiger charge is -2.28. The Hall–Kier alpha value is -0.170. The lowest BCUT2D eigenvalue weighted by atomic mass is 9.97. The standard InChI is InChI=1S/C9H20N2O3S/c1-8-9(2,4-6-14-8)11-15(12,13)7-5-10-3/h8,10-11H,4-7H2,1-3H3. The summed E-state index contributed by atoms with van der Waals surface area (Å²) in [5.74, 6) is 0.103. The van der Waals surface area contributed by atoms with Crippen LogP contribution >= 0.6 is 0 Å². The average Bonchev–Trinajstić information content (AvgIpc) is 2.43. The van der Waals surface area contributed by atoms with Crippen LogP contribution in [0, 0.1) is 0 Å². The summed E-state index contributed by atoms with van der Waals surface area (Å²) in [7, 11) is -1.48. The van der Waals surface area contributed by atoms with E-state index in [0.29, 0.717) is 13.2 Å². The van der Waals surface area contributed by atoms with Crippen LogP contribution in [-0.4, -0.2) is 46.0 Å². The molecule has 0 aromatic carbocycles. The van der Waals surface area contributed by atoms with E-state index in [1.54, 1.807) is 7.05 Å². The van der Waals surface area contributed by atoms with Gasteiger partial charge in [-0.05, 0) is 27.3 Å². The van der Waals surface area contributed by atoms with Crippen LogP contribution in [-0.2, 0) is 14.8 Å². The monoisotopic (exact) mass is 236 g/mol. The second-order valence-electron chi connectivity index (χ2n) is 4.20. The first-order chi connectivity index (χ1) is 6.90. The quantitative estimate of drug-likeness (QED) is 0.687. The molecule has 0 aliphatic carbocycles. The molecule has 5 nitrogen and oxygen atoms in total. The molecule has 1 rings (SSSR count). The lowest BCUT2D eigenvalue weighted by molar-refractivity contribution is 0.0957. The van der Waals surface area contributed by atoms with Crippen molar-refractivity contribution in [3.05, 3.63) is 0 Å². The predicted octanol–water partition coefficient (Wildman–Crippen LogP) is -0.307. The van der Waals surface area contributed by atoms with Crippen molar-refractivity contribution in [1.82, 2.24) is 10.0 Å². The molecular formula is C9H20N2O3S. The van der Waals surface area contributed by atoms with Gasteiger partial charge in [0, 0.05) is 13.2 Å². The molecule has 0 spiro atoms. The van der Waals surface area contributed by atoms with E-state index in [-0.39, 0.29) is 11.9 Å². The maximum absolute atomic E-state index is 11.7. The lowest BCUT2D eigenvalue weighted by Crippen LogP contribution is -2.51. The Balaban J connectivity index is 2.60. The van der Waals surface area contributed by atoms with Crippen LogP contribution < -0.4 is 10.0 Å². The van der Waals surface area contributed by atoms with E-state index >= 15 is 0 Å². The highest BCUT2D eigenvalue weighted by molar-refractivity contribution is 7.89. The molecular weight excluding hydrogens is 216 g/mol. The third-order valence-corrected chi connectivity index (χ3v) is 4.41. The Kier molecular flexibility index (Phi) is 4.11. The van der Waals surface area contributed by atoms with E-state index in [1.807, 2.05) is 13.8 Å². The van der Waals surface area contributed by atoms with Gasteiger partial charge in [-0.15, -0.1) is 0 Å². The van der Waals surface area contributed by atoms with E-state index in [9.17, 15) is 8.42 Å². The molecule has 0 aromatic heterocycles. The summed E-state index contributed by atoms with van der Waals surface area (Å²) < 4.78 is 31.5. The van der Waals surface area contributed by atoms with Crippen LogP contribution in [0.5, 0.6) is 0 Å². The molecule has 0 bridgehead atoms. The van der Waals surface area contributed by atoms with Gasteiger partial charge >= 0.3 is 0 Å². The van der Waals surface area contributed by atoms with E-state index in [2.05, 4.69) is 10.0 Å². The highest BCUT2D eigenvalue weighted by Crippen LogP contribution is 2.25. The SMILES string of the molecule is CNCCS(=O)(=O)NC1(C)CCOC1C. The molecule has 2 unspecified atom stereocenters. The van der Waals surface area contributed by atoms with E-state index in [1.165, 1.54) is 0 Å². The molecule has 0 aromatic rings. The second-order valence-corrected chi connectivity index (χ2v) is 6.05. The minimum atomic E-state index is -3.21. The van der Waals surface area contributed by atoms with Crippen molar-refractivity contribution in [2.75, 3.05) is 26.0 Å². The smallest absolute Gasteiger partial charge is 0.213 e. The molecule has 2 atom stereocenters. The van der Waals surface area contributed by atoms with Crippen LogP contribution in [0.3, 0.4) is 0 Å². The largest absolute Gasteiger partial charge is 0.376 e. The van der Waals surface area contributed by atoms with Crippen LogP contribution in [0.4, 0.5) is 0 Å². The third-order valence-electron chi connectivity index (χ3n) is 2.90. The summed E-state index contributed by atoms with van der Waals surface area (Å²) in [5.41, 5.74) is -0.452. The van der Waals surface area contributed by atoms with Crippen molar-refractivity contribution in [3.63, 3.8) is 0 Å². The molecule has 1 fully saturated rings. The number of hydrogen-bond donors (Lipinski definition) is 2. The zero-order chi connectivity index (χ0) is 11.5. The molecule has 0 radical (unpaired) electrons. The number of ether oxygens (including phenoxy) is 1. The fraction of sp³-hybridized carbons (Fsp3) is 1.00. The predicted molar refractivity (Wildman–Crippen MR) is 59.3 cm³/mol. The zero-order valence-electron chi connectivity index (χ0n) is 9.54. The number of nitrogens with one attached hydrogen (secondary N) is 2. The van der Waals surface area contributed by atoms with Gasteiger partial charge in [-0.25, -0.2) is 13.1 Å². The van der Waals surface area contributed by atoms with Gasteiger partial charge in [0.1, 0.15) is 0 Å². The maximum Gasteiger partial charge on any atom is 0.213 e. The van der Waals surface area contributed by atoms with Gasteiger partial charge < -0.3 is 10.1 Å². The highest BCUT2D eigenvalue weighted by atomic mass is 32.2. The van der Waals surface area contributed by atoms with Gasteiger partial charge in [-0.3, -0.25) is 0 Å².